The molecule has 1 aliphatic heterocycles. The minimum Gasteiger partial charge on any atom is -0.445 e. The Balaban J connectivity index is 1.57. The zero-order valence-electron chi connectivity index (χ0n) is 16.7. The van der Waals surface area contributed by atoms with Crippen molar-refractivity contribution < 1.29 is 9.53 Å². The fraction of sp³-hybridized carbons (Fsp3) is 0.217. The van der Waals surface area contributed by atoms with E-state index in [1.807, 2.05) is 50.2 Å². The van der Waals surface area contributed by atoms with Gasteiger partial charge in [-0.2, -0.15) is 5.10 Å². The fourth-order valence-corrected chi connectivity index (χ4v) is 3.96. The minimum absolute atomic E-state index is 0.0368. The lowest BCUT2D eigenvalue weighted by Crippen LogP contribution is -2.26. The van der Waals surface area contributed by atoms with Gasteiger partial charge in [0.05, 0.1) is 5.52 Å². The number of cyclic esters (lactones) is 1. The van der Waals surface area contributed by atoms with Crippen molar-refractivity contribution in [2.75, 3.05) is 5.32 Å². The van der Waals surface area contributed by atoms with Gasteiger partial charge in [-0.3, -0.25) is 20.4 Å². The lowest BCUT2D eigenvalue weighted by Gasteiger charge is -2.21. The molecule has 0 fully saturated rings. The Morgan fingerprint density at radius 2 is 2.03 bits per heavy atom. The average molecular weight is 399 g/mol. The maximum absolute atomic E-state index is 12.4. The molecule has 0 saturated carbocycles. The third-order valence-corrected chi connectivity index (χ3v) is 5.58. The first kappa shape index (κ1) is 18.3. The first-order valence-electron chi connectivity index (χ1n) is 9.91. The van der Waals surface area contributed by atoms with Gasteiger partial charge in [0.2, 0.25) is 0 Å². The van der Waals surface area contributed by atoms with Crippen LogP contribution in [0.4, 0.5) is 10.5 Å². The number of nitrogens with one attached hydrogen (secondary N) is 2. The van der Waals surface area contributed by atoms with Crippen molar-refractivity contribution in [3.63, 3.8) is 0 Å². The molecule has 0 aliphatic carbocycles. The van der Waals surface area contributed by atoms with Crippen LogP contribution in [0.2, 0.25) is 0 Å². The molecule has 1 aliphatic rings. The van der Waals surface area contributed by atoms with Crippen molar-refractivity contribution in [3.05, 3.63) is 71.8 Å². The van der Waals surface area contributed by atoms with Crippen molar-refractivity contribution in [1.29, 1.82) is 0 Å². The highest BCUT2D eigenvalue weighted by molar-refractivity contribution is 5.98. The van der Waals surface area contributed by atoms with E-state index in [4.69, 9.17) is 4.74 Å². The predicted molar refractivity (Wildman–Crippen MR) is 114 cm³/mol. The van der Waals surface area contributed by atoms with E-state index in [0.29, 0.717) is 6.42 Å². The molecule has 4 heterocycles. The van der Waals surface area contributed by atoms with Crippen LogP contribution in [-0.2, 0) is 11.2 Å². The van der Waals surface area contributed by atoms with Gasteiger partial charge in [-0.15, -0.1) is 0 Å². The van der Waals surface area contributed by atoms with Gasteiger partial charge >= 0.3 is 6.09 Å². The summed E-state index contributed by atoms with van der Waals surface area (Å²) in [7, 11) is 0. The quantitative estimate of drug-likeness (QED) is 0.525. The van der Waals surface area contributed by atoms with Crippen LogP contribution in [0.5, 0.6) is 0 Å². The number of rotatable bonds is 3. The number of carbonyl (C=O) groups is 1. The molecule has 0 bridgehead atoms. The zero-order chi connectivity index (χ0) is 20.7. The Morgan fingerprint density at radius 1 is 1.13 bits per heavy atom. The monoisotopic (exact) mass is 399 g/mol. The third kappa shape index (κ3) is 3.28. The van der Waals surface area contributed by atoms with Crippen LogP contribution in [-0.4, -0.2) is 32.4 Å². The molecule has 2 atom stereocenters. The second-order valence-corrected chi connectivity index (χ2v) is 7.63. The fourth-order valence-electron chi connectivity index (χ4n) is 3.96. The molecule has 2 N–H and O–H groups in total. The second-order valence-electron chi connectivity index (χ2n) is 7.63. The number of amides is 1. The number of ether oxygens (including phenoxy) is 1. The lowest BCUT2D eigenvalue weighted by molar-refractivity contribution is 0.0983. The van der Waals surface area contributed by atoms with Crippen LogP contribution in [0.3, 0.4) is 0 Å². The first-order valence-corrected chi connectivity index (χ1v) is 9.91. The van der Waals surface area contributed by atoms with Crippen molar-refractivity contribution >= 4 is 22.7 Å². The Morgan fingerprint density at radius 3 is 2.83 bits per heavy atom. The molecule has 5 rings (SSSR count). The summed E-state index contributed by atoms with van der Waals surface area (Å²) in [6.07, 6.45) is 3.35. The highest BCUT2D eigenvalue weighted by Crippen LogP contribution is 2.34. The Bertz CT molecular complexity index is 1240. The molecule has 1 unspecified atom stereocenters. The molecule has 150 valence electrons. The number of benzene rings is 1. The number of aromatic nitrogens is 4. The van der Waals surface area contributed by atoms with Gasteiger partial charge < -0.3 is 4.74 Å². The van der Waals surface area contributed by atoms with Crippen molar-refractivity contribution in [2.45, 2.75) is 32.3 Å². The summed E-state index contributed by atoms with van der Waals surface area (Å²) in [6, 6.07) is 13.8. The van der Waals surface area contributed by atoms with E-state index >= 15 is 0 Å². The minimum atomic E-state index is -0.453. The van der Waals surface area contributed by atoms with Crippen LogP contribution in [0.15, 0.2) is 54.9 Å². The van der Waals surface area contributed by atoms with Crippen molar-refractivity contribution in [2.24, 2.45) is 0 Å². The molecule has 30 heavy (non-hydrogen) atoms. The Kier molecular flexibility index (Phi) is 4.43. The molecule has 0 spiro atoms. The van der Waals surface area contributed by atoms with Crippen LogP contribution in [0.25, 0.3) is 22.2 Å². The van der Waals surface area contributed by atoms with Crippen LogP contribution in [0.1, 0.15) is 29.8 Å². The number of aromatic amines is 1. The topological polar surface area (TPSA) is 92.8 Å². The van der Waals surface area contributed by atoms with Gasteiger partial charge in [0.25, 0.3) is 0 Å². The van der Waals surface area contributed by atoms with Gasteiger partial charge in [0, 0.05) is 52.8 Å². The van der Waals surface area contributed by atoms with E-state index in [1.165, 1.54) is 0 Å². The summed E-state index contributed by atoms with van der Waals surface area (Å²) in [5.41, 5.74) is 6.30. The van der Waals surface area contributed by atoms with Crippen molar-refractivity contribution in [1.82, 2.24) is 20.2 Å². The predicted octanol–water partition coefficient (Wildman–Crippen LogP) is 4.61. The maximum Gasteiger partial charge on any atom is 0.411 e. The maximum atomic E-state index is 12.4. The van der Waals surface area contributed by atoms with Gasteiger partial charge in [-0.25, -0.2) is 4.79 Å². The highest BCUT2D eigenvalue weighted by Gasteiger charge is 2.29. The summed E-state index contributed by atoms with van der Waals surface area (Å²) < 4.78 is 5.72. The second kappa shape index (κ2) is 7.26. The number of pyridine rings is 2. The van der Waals surface area contributed by atoms with E-state index in [2.05, 4.69) is 31.5 Å². The summed E-state index contributed by atoms with van der Waals surface area (Å²) in [4.78, 5) is 21.1. The van der Waals surface area contributed by atoms with Gasteiger partial charge in [0.1, 0.15) is 11.8 Å². The molecule has 3 aromatic heterocycles. The van der Waals surface area contributed by atoms with E-state index in [1.54, 1.807) is 12.4 Å². The summed E-state index contributed by atoms with van der Waals surface area (Å²) >= 11 is 0. The number of H-pyrrole nitrogens is 1. The Labute approximate surface area is 173 Å². The average Bonchev–Trinajstić information content (AvgIpc) is 3.08. The highest BCUT2D eigenvalue weighted by atomic mass is 16.6. The Hall–Kier alpha value is -3.74. The van der Waals surface area contributed by atoms with Crippen LogP contribution >= 0.6 is 0 Å². The SMILES string of the molecule is Cc1cc(-c2n[nH]c3cc4c(cc23)CC([C@H](C)c2ccccn2)OC(=O)N4)ccn1. The molecular weight excluding hydrogens is 378 g/mol. The molecule has 7 heteroatoms. The zero-order valence-corrected chi connectivity index (χ0v) is 16.7. The van der Waals surface area contributed by atoms with Gasteiger partial charge in [0.15, 0.2) is 0 Å². The number of anilines is 1. The van der Waals surface area contributed by atoms with Crippen LogP contribution in [0, 0.1) is 6.92 Å². The molecule has 7 nitrogen and oxygen atoms in total. The third-order valence-electron chi connectivity index (χ3n) is 5.58. The van der Waals surface area contributed by atoms with E-state index in [-0.39, 0.29) is 12.0 Å². The molecular formula is C23H21N5O2. The number of hydrogen-bond acceptors (Lipinski definition) is 5. The smallest absolute Gasteiger partial charge is 0.411 e. The number of aryl methyl sites for hydroxylation is 1. The molecule has 0 saturated heterocycles. The van der Waals surface area contributed by atoms with E-state index in [0.717, 1.165) is 44.8 Å². The summed E-state index contributed by atoms with van der Waals surface area (Å²) in [5, 5.41) is 11.5. The van der Waals surface area contributed by atoms with Crippen molar-refractivity contribution in [3.8, 4) is 11.3 Å². The first-order chi connectivity index (χ1) is 14.6. The lowest BCUT2D eigenvalue weighted by atomic mass is 9.93. The van der Waals surface area contributed by atoms with Gasteiger partial charge in [-0.05, 0) is 48.9 Å². The number of nitrogens with zero attached hydrogens (tertiary/aromatic N) is 3. The van der Waals surface area contributed by atoms with Gasteiger partial charge in [-0.1, -0.05) is 13.0 Å². The van der Waals surface area contributed by atoms with E-state index < -0.39 is 6.09 Å². The molecule has 4 aromatic rings. The molecule has 1 amide bonds. The van der Waals surface area contributed by atoms with E-state index in [9.17, 15) is 4.79 Å². The molecule has 1 aromatic carbocycles. The number of fused-ring (bicyclic) bond motifs is 2. The largest absolute Gasteiger partial charge is 0.445 e. The standard InChI is InChI=1S/C23H21N5O2/c1-13-9-15(6-8-24-13)22-17-10-16-11-21(14(2)18-5-3-4-7-25-18)30-23(29)26-19(16)12-20(17)27-28-22/h3-10,12,14,21H,11H2,1-2H3,(H,26,29)(H,27,28)/t14-,21?/m1/s1. The normalized spacial score (nSPS) is 17.0. The van der Waals surface area contributed by atoms with Crippen LogP contribution < -0.4 is 5.32 Å². The number of carbonyl (C=O) groups excluding carboxylic acids is 1. The summed E-state index contributed by atoms with van der Waals surface area (Å²) in [6.45, 7) is 3.99. The number of hydrogen-bond donors (Lipinski definition) is 2. The summed E-state index contributed by atoms with van der Waals surface area (Å²) in [5.74, 6) is -0.0368. The molecule has 0 radical (unpaired) electrons.